The van der Waals surface area contributed by atoms with Crippen molar-refractivity contribution in [2.24, 2.45) is 10.9 Å². The maximum absolute atomic E-state index is 14.5. The Morgan fingerprint density at radius 2 is 1.91 bits per heavy atom. The van der Waals surface area contributed by atoms with Crippen molar-refractivity contribution in [3.63, 3.8) is 0 Å². The second-order valence-electron chi connectivity index (χ2n) is 7.70. The van der Waals surface area contributed by atoms with Crippen molar-refractivity contribution in [2.75, 3.05) is 19.7 Å². The summed E-state index contributed by atoms with van der Waals surface area (Å²) in [4.78, 5) is 29.2. The van der Waals surface area contributed by atoms with Gasteiger partial charge in [-0.15, -0.1) is 11.3 Å². The molecule has 0 unspecified atom stereocenters. The van der Waals surface area contributed by atoms with Crippen LogP contribution in [-0.2, 0) is 30.9 Å². The normalized spacial score (nSPS) is 16.2. The fourth-order valence-corrected chi connectivity index (χ4v) is 7.97. The van der Waals surface area contributed by atoms with Crippen molar-refractivity contribution in [1.82, 2.24) is 8.87 Å². The Hall–Kier alpha value is -2.19. The minimum Gasteiger partial charge on any atom is -0.465 e. The number of halogens is 3. The molecule has 1 saturated heterocycles. The van der Waals surface area contributed by atoms with E-state index in [4.69, 9.17) is 16.3 Å². The number of carbonyl (C=O) groups is 2. The molecule has 0 atom stereocenters. The van der Waals surface area contributed by atoms with E-state index in [1.54, 1.807) is 6.92 Å². The highest BCUT2D eigenvalue weighted by molar-refractivity contribution is 7.91. The molecule has 1 aliphatic rings. The highest BCUT2D eigenvalue weighted by Gasteiger charge is 2.33. The van der Waals surface area contributed by atoms with E-state index in [9.17, 15) is 26.8 Å². The standard InChI is InChI=1S/C21H20ClF2N3O5S3/c1-2-32-17(28)11-27-19-14(24)9-13(23)10-15(19)33-21(27)25-20(29)12-5-7-26(8-6-12)35(30,31)18-4-3-16(22)34-18/h3-4,9-10,12H,2,5-8,11H2,1H3. The minimum atomic E-state index is -3.71. The molecule has 14 heteroatoms. The maximum Gasteiger partial charge on any atom is 0.326 e. The number of thiophene rings is 1. The van der Waals surface area contributed by atoms with Crippen LogP contribution in [0, 0.1) is 17.6 Å². The van der Waals surface area contributed by atoms with Gasteiger partial charge in [-0.3, -0.25) is 9.59 Å². The van der Waals surface area contributed by atoms with Crippen LogP contribution in [0.1, 0.15) is 19.8 Å². The van der Waals surface area contributed by atoms with E-state index in [2.05, 4.69) is 4.99 Å². The van der Waals surface area contributed by atoms with Crippen LogP contribution < -0.4 is 4.80 Å². The van der Waals surface area contributed by atoms with Gasteiger partial charge in [0.05, 0.1) is 21.2 Å². The number of fused-ring (bicyclic) bond motifs is 1. The zero-order valence-corrected chi connectivity index (χ0v) is 21.6. The SMILES string of the molecule is CCOC(=O)Cn1c(=NC(=O)C2CCN(S(=O)(=O)c3ccc(Cl)s3)CC2)sc2cc(F)cc(F)c21. The van der Waals surface area contributed by atoms with Gasteiger partial charge in [0.1, 0.15) is 16.6 Å². The molecule has 1 amide bonds. The van der Waals surface area contributed by atoms with Crippen LogP contribution in [0.25, 0.3) is 10.2 Å². The van der Waals surface area contributed by atoms with Gasteiger partial charge in [-0.2, -0.15) is 9.30 Å². The molecule has 1 aliphatic heterocycles. The van der Waals surface area contributed by atoms with Gasteiger partial charge in [-0.05, 0) is 38.0 Å². The lowest BCUT2D eigenvalue weighted by atomic mass is 9.98. The Balaban J connectivity index is 1.58. The second kappa shape index (κ2) is 10.4. The number of rotatable bonds is 6. The molecular weight excluding hydrogens is 544 g/mol. The van der Waals surface area contributed by atoms with Crippen LogP contribution in [0.4, 0.5) is 8.78 Å². The first-order valence-corrected chi connectivity index (χ1v) is 14.0. The lowest BCUT2D eigenvalue weighted by Gasteiger charge is -2.29. The van der Waals surface area contributed by atoms with Crippen molar-refractivity contribution in [3.8, 4) is 0 Å². The van der Waals surface area contributed by atoms with Gasteiger partial charge in [0.15, 0.2) is 10.6 Å². The largest absolute Gasteiger partial charge is 0.465 e. The van der Waals surface area contributed by atoms with E-state index in [0.717, 1.165) is 28.7 Å². The van der Waals surface area contributed by atoms with Crippen molar-refractivity contribution >= 4 is 66.4 Å². The van der Waals surface area contributed by atoms with Gasteiger partial charge in [0, 0.05) is 25.1 Å². The number of ether oxygens (including phenoxy) is 1. The molecule has 1 aromatic carbocycles. The molecule has 8 nitrogen and oxygen atoms in total. The lowest BCUT2D eigenvalue weighted by Crippen LogP contribution is -2.40. The molecule has 3 aromatic rings. The first-order valence-electron chi connectivity index (χ1n) is 10.6. The molecule has 4 rings (SSSR count). The summed E-state index contributed by atoms with van der Waals surface area (Å²) in [7, 11) is -3.71. The van der Waals surface area contributed by atoms with E-state index in [0.29, 0.717) is 10.4 Å². The Kier molecular flexibility index (Phi) is 7.71. The minimum absolute atomic E-state index is 0.0332. The van der Waals surface area contributed by atoms with Crippen LogP contribution in [0.3, 0.4) is 0 Å². The Bertz CT molecular complexity index is 1460. The van der Waals surface area contributed by atoms with Crippen LogP contribution in [-0.4, -0.2) is 48.9 Å². The van der Waals surface area contributed by atoms with Gasteiger partial charge >= 0.3 is 5.97 Å². The first-order chi connectivity index (χ1) is 16.6. The number of aromatic nitrogens is 1. The number of esters is 1. The average molecular weight is 564 g/mol. The highest BCUT2D eigenvalue weighted by Crippen LogP contribution is 2.31. The molecule has 3 heterocycles. The van der Waals surface area contributed by atoms with Gasteiger partial charge in [-0.25, -0.2) is 17.2 Å². The lowest BCUT2D eigenvalue weighted by molar-refractivity contribution is -0.143. The van der Waals surface area contributed by atoms with Gasteiger partial charge in [0.25, 0.3) is 15.9 Å². The number of benzene rings is 1. The number of piperidine rings is 1. The van der Waals surface area contributed by atoms with Crippen molar-refractivity contribution < 1.29 is 31.5 Å². The van der Waals surface area contributed by atoms with Crippen LogP contribution >= 0.6 is 34.3 Å². The van der Waals surface area contributed by atoms with Crippen molar-refractivity contribution in [2.45, 2.75) is 30.5 Å². The predicted octanol–water partition coefficient (Wildman–Crippen LogP) is 3.79. The number of sulfonamides is 1. The fraction of sp³-hybridized carbons (Fsp3) is 0.381. The molecule has 0 aliphatic carbocycles. The number of hydrogen-bond acceptors (Lipinski definition) is 7. The van der Waals surface area contributed by atoms with Gasteiger partial charge in [0.2, 0.25) is 0 Å². The van der Waals surface area contributed by atoms with Crippen LogP contribution in [0.5, 0.6) is 0 Å². The smallest absolute Gasteiger partial charge is 0.326 e. The zero-order valence-electron chi connectivity index (χ0n) is 18.4. The van der Waals surface area contributed by atoms with E-state index < -0.39 is 46.0 Å². The first kappa shape index (κ1) is 25.9. The quantitative estimate of drug-likeness (QED) is 0.425. The molecular formula is C21H20ClF2N3O5S3. The summed E-state index contributed by atoms with van der Waals surface area (Å²) in [6.45, 7) is 1.59. The molecule has 0 bridgehead atoms. The summed E-state index contributed by atoms with van der Waals surface area (Å²) in [5.41, 5.74) is -0.0495. The Labute approximate surface area is 212 Å². The maximum atomic E-state index is 14.5. The third-order valence-electron chi connectivity index (χ3n) is 5.44. The molecule has 1 fully saturated rings. The molecule has 35 heavy (non-hydrogen) atoms. The van der Waals surface area contributed by atoms with Crippen LogP contribution in [0.2, 0.25) is 4.34 Å². The third kappa shape index (κ3) is 5.48. The Morgan fingerprint density at radius 1 is 1.20 bits per heavy atom. The molecule has 0 radical (unpaired) electrons. The third-order valence-corrected chi connectivity index (χ3v) is 10.1. The topological polar surface area (TPSA) is 98.0 Å². The van der Waals surface area contributed by atoms with Crippen molar-refractivity contribution in [3.05, 3.63) is 45.0 Å². The Morgan fingerprint density at radius 3 is 2.54 bits per heavy atom. The zero-order chi connectivity index (χ0) is 25.3. The number of hydrogen-bond donors (Lipinski definition) is 0. The average Bonchev–Trinajstić information content (AvgIpc) is 3.38. The number of thiazole rings is 1. The van der Waals surface area contributed by atoms with E-state index in [-0.39, 0.29) is 51.8 Å². The molecule has 0 saturated carbocycles. The monoisotopic (exact) mass is 563 g/mol. The summed E-state index contributed by atoms with van der Waals surface area (Å²) < 4.78 is 62.0. The molecule has 2 aromatic heterocycles. The molecule has 0 spiro atoms. The summed E-state index contributed by atoms with van der Waals surface area (Å²) in [5, 5.41) is 0. The molecule has 188 valence electrons. The summed E-state index contributed by atoms with van der Waals surface area (Å²) in [6.07, 6.45) is 0.485. The number of amides is 1. The van der Waals surface area contributed by atoms with E-state index in [1.807, 2.05) is 0 Å². The summed E-state index contributed by atoms with van der Waals surface area (Å²) in [5.74, 6) is -3.42. The van der Waals surface area contributed by atoms with Gasteiger partial charge in [-0.1, -0.05) is 22.9 Å². The van der Waals surface area contributed by atoms with Gasteiger partial charge < -0.3 is 9.30 Å². The fourth-order valence-electron chi connectivity index (χ4n) is 3.79. The number of carbonyl (C=O) groups excluding carboxylic acids is 2. The second-order valence-corrected chi connectivity index (χ2v) is 12.6. The van der Waals surface area contributed by atoms with Crippen LogP contribution in [0.15, 0.2) is 33.5 Å². The predicted molar refractivity (Wildman–Crippen MR) is 128 cm³/mol. The number of nitrogens with zero attached hydrogens (tertiary/aromatic N) is 3. The summed E-state index contributed by atoms with van der Waals surface area (Å²) in [6, 6.07) is 4.76. The summed E-state index contributed by atoms with van der Waals surface area (Å²) >= 11 is 7.71. The van der Waals surface area contributed by atoms with E-state index >= 15 is 0 Å². The molecule has 0 N–H and O–H groups in total. The van der Waals surface area contributed by atoms with E-state index in [1.165, 1.54) is 21.0 Å². The van der Waals surface area contributed by atoms with Crippen molar-refractivity contribution in [1.29, 1.82) is 0 Å². The highest BCUT2D eigenvalue weighted by atomic mass is 35.5.